The molecule has 3 heteroatoms. The predicted octanol–water partition coefficient (Wildman–Crippen LogP) is 1.17. The van der Waals surface area contributed by atoms with E-state index in [0.29, 0.717) is 30.3 Å². The predicted molar refractivity (Wildman–Crippen MR) is 57.5 cm³/mol. The van der Waals surface area contributed by atoms with Crippen LogP contribution < -0.4 is 5.32 Å². The molecule has 2 fully saturated rings. The molecule has 0 aromatic rings. The first-order valence-electron chi connectivity index (χ1n) is 5.94. The molecule has 1 heterocycles. The number of carbonyl (C=O) groups excluding carboxylic acids is 2. The van der Waals surface area contributed by atoms with Crippen LogP contribution in [0, 0.1) is 17.8 Å². The minimum Gasteiger partial charge on any atom is -0.315 e. The lowest BCUT2D eigenvalue weighted by atomic mass is 9.74. The largest absolute Gasteiger partial charge is 0.315 e. The van der Waals surface area contributed by atoms with Crippen molar-refractivity contribution in [3.05, 3.63) is 0 Å². The maximum absolute atomic E-state index is 12.0. The van der Waals surface area contributed by atoms with Crippen LogP contribution in [0.4, 0.5) is 0 Å². The molecule has 1 aliphatic heterocycles. The molecule has 0 aromatic carbocycles. The van der Waals surface area contributed by atoms with Crippen molar-refractivity contribution in [2.45, 2.75) is 32.6 Å². The Kier molecular flexibility index (Phi) is 3.19. The van der Waals surface area contributed by atoms with Crippen LogP contribution in [-0.4, -0.2) is 24.7 Å². The Labute approximate surface area is 90.6 Å². The fourth-order valence-corrected chi connectivity index (χ4v) is 2.79. The van der Waals surface area contributed by atoms with Crippen molar-refractivity contribution < 1.29 is 9.59 Å². The highest BCUT2D eigenvalue weighted by atomic mass is 16.1. The van der Waals surface area contributed by atoms with E-state index in [1.165, 1.54) is 0 Å². The van der Waals surface area contributed by atoms with E-state index in [-0.39, 0.29) is 11.8 Å². The Morgan fingerprint density at radius 2 is 1.80 bits per heavy atom. The van der Waals surface area contributed by atoms with Gasteiger partial charge in [0.15, 0.2) is 0 Å². The van der Waals surface area contributed by atoms with Crippen molar-refractivity contribution in [3.8, 4) is 0 Å². The van der Waals surface area contributed by atoms with Gasteiger partial charge in [0, 0.05) is 37.8 Å². The topological polar surface area (TPSA) is 46.2 Å². The number of carbonyl (C=O) groups is 2. The second-order valence-corrected chi connectivity index (χ2v) is 4.94. The monoisotopic (exact) mass is 209 g/mol. The molecule has 1 aliphatic carbocycles. The molecule has 2 unspecified atom stereocenters. The summed E-state index contributed by atoms with van der Waals surface area (Å²) in [6, 6.07) is 0. The standard InChI is InChI=1S/C12H19NO2/c1-8-6-13-7-11(12(8)15)9-2-4-10(14)5-3-9/h8-9,11,13H,2-7H2,1H3. The van der Waals surface area contributed by atoms with Gasteiger partial charge in [-0.1, -0.05) is 6.92 Å². The summed E-state index contributed by atoms with van der Waals surface area (Å²) in [6.07, 6.45) is 3.21. The van der Waals surface area contributed by atoms with E-state index in [0.717, 1.165) is 25.9 Å². The molecular formula is C12H19NO2. The molecule has 3 nitrogen and oxygen atoms in total. The molecule has 84 valence electrons. The number of hydrogen-bond acceptors (Lipinski definition) is 3. The highest BCUT2D eigenvalue weighted by molar-refractivity contribution is 5.85. The van der Waals surface area contributed by atoms with Gasteiger partial charge in [0.2, 0.25) is 0 Å². The van der Waals surface area contributed by atoms with E-state index in [2.05, 4.69) is 5.32 Å². The molecule has 0 bridgehead atoms. The Morgan fingerprint density at radius 1 is 1.13 bits per heavy atom. The summed E-state index contributed by atoms with van der Waals surface area (Å²) in [6.45, 7) is 3.64. The van der Waals surface area contributed by atoms with Crippen LogP contribution in [-0.2, 0) is 9.59 Å². The van der Waals surface area contributed by atoms with Gasteiger partial charge >= 0.3 is 0 Å². The number of hydrogen-bond donors (Lipinski definition) is 1. The van der Waals surface area contributed by atoms with Gasteiger partial charge in [0.1, 0.15) is 11.6 Å². The van der Waals surface area contributed by atoms with Gasteiger partial charge in [-0.15, -0.1) is 0 Å². The Balaban J connectivity index is 1.97. The van der Waals surface area contributed by atoms with Gasteiger partial charge in [-0.05, 0) is 18.8 Å². The van der Waals surface area contributed by atoms with Crippen LogP contribution in [0.2, 0.25) is 0 Å². The summed E-state index contributed by atoms with van der Waals surface area (Å²) >= 11 is 0. The zero-order valence-electron chi connectivity index (χ0n) is 9.29. The molecule has 2 atom stereocenters. The first-order chi connectivity index (χ1) is 7.18. The number of piperidine rings is 1. The molecule has 0 radical (unpaired) electrons. The highest BCUT2D eigenvalue weighted by Crippen LogP contribution is 2.31. The average Bonchev–Trinajstić information content (AvgIpc) is 2.24. The minimum atomic E-state index is 0.154. The van der Waals surface area contributed by atoms with Crippen molar-refractivity contribution in [1.82, 2.24) is 5.32 Å². The van der Waals surface area contributed by atoms with E-state index >= 15 is 0 Å². The van der Waals surface area contributed by atoms with Crippen LogP contribution in [0.5, 0.6) is 0 Å². The minimum absolute atomic E-state index is 0.154. The number of Topliss-reactive ketones (excluding diaryl/α,β-unsaturated/α-hetero) is 2. The van der Waals surface area contributed by atoms with Gasteiger partial charge in [-0.2, -0.15) is 0 Å². The molecule has 1 saturated carbocycles. The van der Waals surface area contributed by atoms with Crippen molar-refractivity contribution in [1.29, 1.82) is 0 Å². The van der Waals surface area contributed by atoms with Gasteiger partial charge < -0.3 is 5.32 Å². The molecule has 0 amide bonds. The lowest BCUT2D eigenvalue weighted by Gasteiger charge is -2.34. The normalized spacial score (nSPS) is 34.5. The molecule has 2 rings (SSSR count). The summed E-state index contributed by atoms with van der Waals surface area (Å²) in [4.78, 5) is 23.1. The molecule has 0 spiro atoms. The summed E-state index contributed by atoms with van der Waals surface area (Å²) in [5, 5.41) is 3.32. The molecule has 1 N–H and O–H groups in total. The van der Waals surface area contributed by atoms with E-state index in [1.54, 1.807) is 0 Å². The van der Waals surface area contributed by atoms with E-state index < -0.39 is 0 Å². The third kappa shape index (κ3) is 2.28. The van der Waals surface area contributed by atoms with Crippen molar-refractivity contribution >= 4 is 11.6 Å². The van der Waals surface area contributed by atoms with Crippen LogP contribution in [0.3, 0.4) is 0 Å². The zero-order chi connectivity index (χ0) is 10.8. The van der Waals surface area contributed by atoms with Gasteiger partial charge in [0.05, 0.1) is 0 Å². The molecule has 1 saturated heterocycles. The summed E-state index contributed by atoms with van der Waals surface area (Å²) in [5.41, 5.74) is 0. The second-order valence-electron chi connectivity index (χ2n) is 4.94. The fourth-order valence-electron chi connectivity index (χ4n) is 2.79. The lowest BCUT2D eigenvalue weighted by Crippen LogP contribution is -2.46. The third-order valence-electron chi connectivity index (χ3n) is 3.82. The Morgan fingerprint density at radius 3 is 2.47 bits per heavy atom. The van der Waals surface area contributed by atoms with E-state index in [9.17, 15) is 9.59 Å². The second kappa shape index (κ2) is 4.44. The number of nitrogens with one attached hydrogen (secondary N) is 1. The fraction of sp³-hybridized carbons (Fsp3) is 0.833. The van der Waals surface area contributed by atoms with Gasteiger partial charge in [-0.3, -0.25) is 9.59 Å². The van der Waals surface area contributed by atoms with E-state index in [1.807, 2.05) is 6.92 Å². The molecule has 2 aliphatic rings. The smallest absolute Gasteiger partial charge is 0.141 e. The first-order valence-corrected chi connectivity index (χ1v) is 5.94. The Hall–Kier alpha value is -0.700. The van der Waals surface area contributed by atoms with E-state index in [4.69, 9.17) is 0 Å². The maximum atomic E-state index is 12.0. The van der Waals surface area contributed by atoms with Crippen molar-refractivity contribution in [3.63, 3.8) is 0 Å². The average molecular weight is 209 g/mol. The Bertz CT molecular complexity index is 265. The van der Waals surface area contributed by atoms with Crippen molar-refractivity contribution in [2.75, 3.05) is 13.1 Å². The van der Waals surface area contributed by atoms with Crippen LogP contribution >= 0.6 is 0 Å². The summed E-state index contributed by atoms with van der Waals surface area (Å²) < 4.78 is 0. The third-order valence-corrected chi connectivity index (χ3v) is 3.82. The molecule has 0 aromatic heterocycles. The number of ketones is 2. The lowest BCUT2D eigenvalue weighted by molar-refractivity contribution is -0.131. The quantitative estimate of drug-likeness (QED) is 0.705. The first kappa shape index (κ1) is 10.8. The molecule has 15 heavy (non-hydrogen) atoms. The maximum Gasteiger partial charge on any atom is 0.141 e. The SMILES string of the molecule is CC1CNCC(C2CCC(=O)CC2)C1=O. The number of rotatable bonds is 1. The van der Waals surface area contributed by atoms with Crippen LogP contribution in [0.15, 0.2) is 0 Å². The van der Waals surface area contributed by atoms with Gasteiger partial charge in [0.25, 0.3) is 0 Å². The zero-order valence-corrected chi connectivity index (χ0v) is 9.29. The summed E-state index contributed by atoms with van der Waals surface area (Å²) in [5.74, 6) is 1.55. The summed E-state index contributed by atoms with van der Waals surface area (Å²) in [7, 11) is 0. The van der Waals surface area contributed by atoms with Gasteiger partial charge in [-0.25, -0.2) is 0 Å². The van der Waals surface area contributed by atoms with Crippen LogP contribution in [0.1, 0.15) is 32.6 Å². The van der Waals surface area contributed by atoms with Crippen molar-refractivity contribution in [2.24, 2.45) is 17.8 Å². The highest BCUT2D eigenvalue weighted by Gasteiger charge is 2.35. The van der Waals surface area contributed by atoms with Crippen LogP contribution in [0.25, 0.3) is 0 Å². The molecular weight excluding hydrogens is 190 g/mol.